The first-order valence-corrected chi connectivity index (χ1v) is 8.15. The SMILES string of the molecule is C/C(O)=C1/C(=O)N(c2ccccc2)C(=O)[C@@]1(NC(=O)CC(C)C)C(F)(F)F. The van der Waals surface area contributed by atoms with Crippen LogP contribution < -0.4 is 10.2 Å². The highest BCUT2D eigenvalue weighted by molar-refractivity contribution is 6.34. The summed E-state index contributed by atoms with van der Waals surface area (Å²) < 4.78 is 42.2. The minimum Gasteiger partial charge on any atom is -0.512 e. The molecule has 1 aromatic carbocycles. The van der Waals surface area contributed by atoms with E-state index in [2.05, 4.69) is 0 Å². The lowest BCUT2D eigenvalue weighted by molar-refractivity contribution is -0.189. The summed E-state index contributed by atoms with van der Waals surface area (Å²) >= 11 is 0. The van der Waals surface area contributed by atoms with E-state index in [0.29, 0.717) is 4.90 Å². The van der Waals surface area contributed by atoms with Gasteiger partial charge in [0.2, 0.25) is 5.91 Å². The number of aliphatic hydroxyl groups excluding tert-OH is 1. The van der Waals surface area contributed by atoms with Gasteiger partial charge in [-0.3, -0.25) is 14.4 Å². The molecule has 0 unspecified atom stereocenters. The van der Waals surface area contributed by atoms with Crippen LogP contribution in [0.3, 0.4) is 0 Å². The van der Waals surface area contributed by atoms with E-state index in [9.17, 15) is 32.7 Å². The van der Waals surface area contributed by atoms with Crippen LogP contribution in [0.4, 0.5) is 18.9 Å². The van der Waals surface area contributed by atoms with E-state index in [4.69, 9.17) is 0 Å². The van der Waals surface area contributed by atoms with Crippen molar-refractivity contribution in [1.29, 1.82) is 0 Å². The number of amides is 3. The molecule has 9 heteroatoms. The molecule has 1 atom stereocenters. The van der Waals surface area contributed by atoms with Gasteiger partial charge in [0.05, 0.1) is 11.3 Å². The Morgan fingerprint density at radius 1 is 1.22 bits per heavy atom. The minimum atomic E-state index is -5.35. The predicted octanol–water partition coefficient (Wildman–Crippen LogP) is 2.86. The number of alkyl halides is 3. The first kappa shape index (κ1) is 20.5. The first-order valence-electron chi connectivity index (χ1n) is 8.15. The average Bonchev–Trinajstić information content (AvgIpc) is 2.75. The number of allylic oxidation sites excluding steroid dienone is 1. The summed E-state index contributed by atoms with van der Waals surface area (Å²) in [4.78, 5) is 38.0. The van der Waals surface area contributed by atoms with Gasteiger partial charge in [0.25, 0.3) is 17.4 Å². The molecule has 0 spiro atoms. The Balaban J connectivity index is 2.69. The number of carbonyl (C=O) groups excluding carboxylic acids is 3. The molecule has 6 nitrogen and oxygen atoms in total. The molecule has 0 saturated carbocycles. The Morgan fingerprint density at radius 3 is 2.22 bits per heavy atom. The van der Waals surface area contributed by atoms with Gasteiger partial charge in [0.1, 0.15) is 5.76 Å². The fraction of sp³-hybridized carbons (Fsp3) is 0.389. The average molecular weight is 384 g/mol. The summed E-state index contributed by atoms with van der Waals surface area (Å²) in [7, 11) is 0. The van der Waals surface area contributed by atoms with Gasteiger partial charge in [-0.15, -0.1) is 0 Å². The molecule has 27 heavy (non-hydrogen) atoms. The first-order chi connectivity index (χ1) is 12.4. The number of halogens is 3. The van der Waals surface area contributed by atoms with Gasteiger partial charge >= 0.3 is 6.18 Å². The zero-order valence-electron chi connectivity index (χ0n) is 14.9. The second-order valence-corrected chi connectivity index (χ2v) is 6.64. The fourth-order valence-corrected chi connectivity index (χ4v) is 2.96. The van der Waals surface area contributed by atoms with Gasteiger partial charge < -0.3 is 10.4 Å². The number of imide groups is 1. The van der Waals surface area contributed by atoms with Gasteiger partial charge in [-0.05, 0) is 25.0 Å². The van der Waals surface area contributed by atoms with Crippen molar-refractivity contribution >= 4 is 23.4 Å². The predicted molar refractivity (Wildman–Crippen MR) is 90.6 cm³/mol. The van der Waals surface area contributed by atoms with Crippen LogP contribution in [0.25, 0.3) is 0 Å². The number of benzene rings is 1. The summed E-state index contributed by atoms with van der Waals surface area (Å²) in [5.74, 6) is -5.36. The summed E-state index contributed by atoms with van der Waals surface area (Å²) in [5, 5.41) is 11.5. The van der Waals surface area contributed by atoms with E-state index >= 15 is 0 Å². The van der Waals surface area contributed by atoms with E-state index in [1.807, 2.05) is 0 Å². The van der Waals surface area contributed by atoms with Crippen LogP contribution in [0.5, 0.6) is 0 Å². The molecule has 146 valence electrons. The normalized spacial score (nSPS) is 22.4. The minimum absolute atomic E-state index is 0.101. The molecule has 1 aliphatic heterocycles. The van der Waals surface area contributed by atoms with Crippen LogP contribution in [0.1, 0.15) is 27.2 Å². The topological polar surface area (TPSA) is 86.7 Å². The zero-order valence-corrected chi connectivity index (χ0v) is 14.9. The molecule has 3 amide bonds. The second kappa shape index (κ2) is 7.05. The summed E-state index contributed by atoms with van der Waals surface area (Å²) in [6.07, 6.45) is -5.64. The van der Waals surface area contributed by atoms with E-state index in [0.717, 1.165) is 6.92 Å². The fourth-order valence-electron chi connectivity index (χ4n) is 2.96. The van der Waals surface area contributed by atoms with Crippen molar-refractivity contribution < 1.29 is 32.7 Å². The number of aliphatic hydroxyl groups is 1. The molecule has 0 aromatic heterocycles. The third-order valence-corrected chi connectivity index (χ3v) is 4.04. The van der Waals surface area contributed by atoms with Crippen LogP contribution in [0.2, 0.25) is 0 Å². The van der Waals surface area contributed by atoms with Gasteiger partial charge in [-0.2, -0.15) is 13.2 Å². The van der Waals surface area contributed by atoms with Crippen molar-refractivity contribution in [1.82, 2.24) is 5.32 Å². The molecule has 0 bridgehead atoms. The molecule has 1 aromatic rings. The second-order valence-electron chi connectivity index (χ2n) is 6.64. The third kappa shape index (κ3) is 3.41. The lowest BCUT2D eigenvalue weighted by Crippen LogP contribution is -2.64. The molecule has 2 rings (SSSR count). The monoisotopic (exact) mass is 384 g/mol. The molecule has 2 N–H and O–H groups in total. The molecule has 1 heterocycles. The zero-order chi connectivity index (χ0) is 20.6. The number of anilines is 1. The Hall–Kier alpha value is -2.84. The van der Waals surface area contributed by atoms with Gasteiger partial charge in [0.15, 0.2) is 0 Å². The van der Waals surface area contributed by atoms with E-state index < -0.39 is 40.8 Å². The van der Waals surface area contributed by atoms with Crippen molar-refractivity contribution in [2.75, 3.05) is 4.90 Å². The standard InChI is InChI=1S/C18H19F3N2O4/c1-10(2)9-13(25)22-17(18(19,20)21)14(11(3)24)15(26)23(16(17)27)12-7-5-4-6-8-12/h4-8,10,24H,9H2,1-3H3,(H,22,25)/b14-11+/t17-/m1/s1. The quantitative estimate of drug-likeness (QED) is 0.475. The lowest BCUT2D eigenvalue weighted by Gasteiger charge is -2.31. The molecule has 0 radical (unpaired) electrons. The molecular formula is C18H19F3N2O4. The number of carbonyl (C=O) groups is 3. The number of hydrogen-bond donors (Lipinski definition) is 2. The van der Waals surface area contributed by atoms with Crippen molar-refractivity contribution in [3.8, 4) is 0 Å². The summed E-state index contributed by atoms with van der Waals surface area (Å²) in [6.45, 7) is 4.10. The maximum absolute atomic E-state index is 14.1. The molecule has 1 fully saturated rings. The molecule has 1 saturated heterocycles. The van der Waals surface area contributed by atoms with Crippen molar-refractivity contribution in [2.45, 2.75) is 38.9 Å². The number of nitrogens with one attached hydrogen (secondary N) is 1. The maximum atomic E-state index is 14.1. The molecular weight excluding hydrogens is 365 g/mol. The van der Waals surface area contributed by atoms with Gasteiger partial charge in [-0.25, -0.2) is 4.90 Å². The highest BCUT2D eigenvalue weighted by atomic mass is 19.4. The van der Waals surface area contributed by atoms with Crippen LogP contribution in [-0.4, -0.2) is 34.5 Å². The molecule has 0 aliphatic carbocycles. The maximum Gasteiger partial charge on any atom is 0.425 e. The number of hydrogen-bond acceptors (Lipinski definition) is 4. The highest BCUT2D eigenvalue weighted by Gasteiger charge is 2.72. The number of para-hydroxylation sites is 1. The van der Waals surface area contributed by atoms with Crippen molar-refractivity contribution in [2.24, 2.45) is 5.92 Å². The van der Waals surface area contributed by atoms with E-state index in [-0.39, 0.29) is 18.0 Å². The number of nitrogens with zero attached hydrogens (tertiary/aromatic N) is 1. The third-order valence-electron chi connectivity index (χ3n) is 4.04. The van der Waals surface area contributed by atoms with E-state index in [1.165, 1.54) is 24.3 Å². The number of rotatable bonds is 4. The van der Waals surface area contributed by atoms with Gasteiger partial charge in [-0.1, -0.05) is 32.0 Å². The smallest absolute Gasteiger partial charge is 0.425 e. The summed E-state index contributed by atoms with van der Waals surface area (Å²) in [5.41, 5.74) is -4.96. The Morgan fingerprint density at radius 2 is 1.78 bits per heavy atom. The van der Waals surface area contributed by atoms with Crippen molar-refractivity contribution in [3.63, 3.8) is 0 Å². The Bertz CT molecular complexity index is 799. The van der Waals surface area contributed by atoms with Crippen LogP contribution in [-0.2, 0) is 14.4 Å². The Labute approximate surface area is 153 Å². The van der Waals surface area contributed by atoms with Crippen molar-refractivity contribution in [3.05, 3.63) is 41.7 Å². The highest BCUT2D eigenvalue weighted by Crippen LogP contribution is 2.45. The molecule has 1 aliphatic rings. The van der Waals surface area contributed by atoms with Gasteiger partial charge in [0, 0.05) is 6.42 Å². The lowest BCUT2D eigenvalue weighted by atomic mass is 9.89. The largest absolute Gasteiger partial charge is 0.512 e. The van der Waals surface area contributed by atoms with Crippen LogP contribution >= 0.6 is 0 Å². The Kier molecular flexibility index (Phi) is 5.35. The van der Waals surface area contributed by atoms with Crippen LogP contribution in [0.15, 0.2) is 41.7 Å². The van der Waals surface area contributed by atoms with E-state index in [1.54, 1.807) is 25.2 Å². The summed E-state index contributed by atoms with van der Waals surface area (Å²) in [6, 6.07) is 7.00. The van der Waals surface area contributed by atoms with Crippen LogP contribution in [0, 0.1) is 5.92 Å².